The molecule has 0 saturated carbocycles. The van der Waals surface area contributed by atoms with Crippen LogP contribution in [0.25, 0.3) is 0 Å². The lowest BCUT2D eigenvalue weighted by Gasteiger charge is -2.23. The second kappa shape index (κ2) is 7.89. The van der Waals surface area contributed by atoms with Gasteiger partial charge in [-0.15, -0.1) is 0 Å². The third-order valence-corrected chi connectivity index (χ3v) is 5.33. The number of halogens is 1. The van der Waals surface area contributed by atoms with Crippen LogP contribution < -0.4 is 9.62 Å². The Kier molecular flexibility index (Phi) is 6.08. The fourth-order valence-electron chi connectivity index (χ4n) is 2.38. The highest BCUT2D eigenvalue weighted by atomic mass is 35.5. The molecule has 0 fully saturated rings. The molecule has 25 heavy (non-hydrogen) atoms. The van der Waals surface area contributed by atoms with Gasteiger partial charge in [0.2, 0.25) is 10.0 Å². The highest BCUT2D eigenvalue weighted by Crippen LogP contribution is 2.24. The summed E-state index contributed by atoms with van der Waals surface area (Å²) in [5.41, 5.74) is 2.87. The summed E-state index contributed by atoms with van der Waals surface area (Å²) in [6, 6.07) is 12.3. The molecule has 0 radical (unpaired) electrons. The largest absolute Gasteiger partial charge is 0.350 e. The van der Waals surface area contributed by atoms with Gasteiger partial charge >= 0.3 is 0 Å². The number of hydrogen-bond donors (Lipinski definition) is 1. The van der Waals surface area contributed by atoms with Gasteiger partial charge in [0.1, 0.15) is 0 Å². The Bertz CT molecular complexity index is 882. The summed E-state index contributed by atoms with van der Waals surface area (Å²) in [6.07, 6.45) is 1.13. The van der Waals surface area contributed by atoms with E-state index in [9.17, 15) is 13.2 Å². The molecule has 0 saturated heterocycles. The van der Waals surface area contributed by atoms with E-state index in [1.165, 1.54) is 4.31 Å². The van der Waals surface area contributed by atoms with Crippen molar-refractivity contribution in [2.45, 2.75) is 13.8 Å². The van der Waals surface area contributed by atoms with E-state index in [4.69, 9.17) is 11.6 Å². The molecule has 2 aromatic carbocycles. The lowest BCUT2D eigenvalue weighted by Crippen LogP contribution is -2.38. The highest BCUT2D eigenvalue weighted by molar-refractivity contribution is 7.92. The lowest BCUT2D eigenvalue weighted by molar-refractivity contribution is 0.0954. The maximum atomic E-state index is 12.2. The first-order valence-corrected chi connectivity index (χ1v) is 10.00. The monoisotopic (exact) mass is 380 g/mol. The molecule has 0 heterocycles. The first-order chi connectivity index (χ1) is 11.7. The van der Waals surface area contributed by atoms with Crippen LogP contribution in [0.4, 0.5) is 5.69 Å². The molecule has 5 nitrogen and oxygen atoms in total. The zero-order chi connectivity index (χ0) is 18.6. The molecular weight excluding hydrogens is 360 g/mol. The Morgan fingerprint density at radius 3 is 2.48 bits per heavy atom. The Morgan fingerprint density at radius 2 is 1.88 bits per heavy atom. The molecule has 1 N–H and O–H groups in total. The number of rotatable bonds is 6. The summed E-state index contributed by atoms with van der Waals surface area (Å²) >= 11 is 6.10. The van der Waals surface area contributed by atoms with E-state index in [0.717, 1.165) is 17.4 Å². The summed E-state index contributed by atoms with van der Waals surface area (Å²) in [7, 11) is -3.49. The van der Waals surface area contributed by atoms with Gasteiger partial charge in [0, 0.05) is 17.1 Å². The van der Waals surface area contributed by atoms with Crippen LogP contribution in [0.3, 0.4) is 0 Å². The van der Waals surface area contributed by atoms with Crippen LogP contribution in [0.1, 0.15) is 21.5 Å². The smallest absolute Gasteiger partial charge is 0.251 e. The van der Waals surface area contributed by atoms with Gasteiger partial charge in [0.15, 0.2) is 0 Å². The predicted molar refractivity (Wildman–Crippen MR) is 102 cm³/mol. The third-order valence-electron chi connectivity index (χ3n) is 3.72. The topological polar surface area (TPSA) is 66.5 Å². The van der Waals surface area contributed by atoms with Crippen molar-refractivity contribution in [1.82, 2.24) is 5.32 Å². The van der Waals surface area contributed by atoms with Crippen LogP contribution in [-0.4, -0.2) is 33.7 Å². The van der Waals surface area contributed by atoms with E-state index >= 15 is 0 Å². The summed E-state index contributed by atoms with van der Waals surface area (Å²) in [5.74, 6) is -0.237. The van der Waals surface area contributed by atoms with Crippen LogP contribution in [0.5, 0.6) is 0 Å². The Labute approximate surface area is 153 Å². The van der Waals surface area contributed by atoms with Crippen molar-refractivity contribution in [3.05, 3.63) is 64.2 Å². The van der Waals surface area contributed by atoms with E-state index in [1.54, 1.807) is 36.4 Å². The van der Waals surface area contributed by atoms with Crippen LogP contribution in [-0.2, 0) is 10.0 Å². The van der Waals surface area contributed by atoms with E-state index in [2.05, 4.69) is 5.32 Å². The first-order valence-electron chi connectivity index (χ1n) is 7.77. The van der Waals surface area contributed by atoms with Gasteiger partial charge in [-0.2, -0.15) is 0 Å². The number of nitrogens with zero attached hydrogens (tertiary/aromatic N) is 1. The minimum Gasteiger partial charge on any atom is -0.350 e. The number of sulfonamides is 1. The van der Waals surface area contributed by atoms with Gasteiger partial charge in [-0.1, -0.05) is 35.4 Å². The Hall–Kier alpha value is -2.05. The molecule has 134 valence electrons. The van der Waals surface area contributed by atoms with Gasteiger partial charge in [-0.3, -0.25) is 9.10 Å². The van der Waals surface area contributed by atoms with Gasteiger partial charge in [0.05, 0.1) is 18.5 Å². The zero-order valence-corrected chi connectivity index (χ0v) is 16.0. The highest BCUT2D eigenvalue weighted by Gasteiger charge is 2.18. The quantitative estimate of drug-likeness (QED) is 0.837. The van der Waals surface area contributed by atoms with Crippen LogP contribution in [0.2, 0.25) is 5.02 Å². The number of benzene rings is 2. The molecule has 0 aliphatic heterocycles. The second-order valence-electron chi connectivity index (χ2n) is 5.89. The molecule has 2 rings (SSSR count). The van der Waals surface area contributed by atoms with Gasteiger partial charge in [0.25, 0.3) is 5.91 Å². The van der Waals surface area contributed by atoms with Gasteiger partial charge < -0.3 is 5.32 Å². The number of amides is 1. The molecule has 0 aliphatic rings. The second-order valence-corrected chi connectivity index (χ2v) is 8.21. The molecule has 7 heteroatoms. The molecule has 0 spiro atoms. The fourth-order valence-corrected chi connectivity index (χ4v) is 3.48. The van der Waals surface area contributed by atoms with E-state index in [0.29, 0.717) is 16.3 Å². The number of carbonyl (C=O) groups excluding carboxylic acids is 1. The predicted octanol–water partition coefficient (Wildman–Crippen LogP) is 3.15. The SMILES string of the molecule is Cc1cccc(C(=O)NCCN(c2ccc(C)c(Cl)c2)S(C)(=O)=O)c1. The minimum atomic E-state index is -3.49. The molecule has 0 atom stereocenters. The van der Waals surface area contributed by atoms with Crippen molar-refractivity contribution < 1.29 is 13.2 Å². The average molecular weight is 381 g/mol. The fraction of sp³-hybridized carbons (Fsp3) is 0.278. The van der Waals surface area contributed by atoms with Crippen LogP contribution >= 0.6 is 11.6 Å². The van der Waals surface area contributed by atoms with Crippen LogP contribution in [0, 0.1) is 13.8 Å². The maximum absolute atomic E-state index is 12.2. The standard InChI is InChI=1S/C18H21ClN2O3S/c1-13-5-4-6-15(11-13)18(22)20-9-10-21(25(3,23)24)16-8-7-14(2)17(19)12-16/h4-8,11-12H,9-10H2,1-3H3,(H,20,22). The Balaban J connectivity index is 2.08. The Morgan fingerprint density at radius 1 is 1.16 bits per heavy atom. The molecule has 0 aromatic heterocycles. The zero-order valence-electron chi connectivity index (χ0n) is 14.4. The number of hydrogen-bond acceptors (Lipinski definition) is 3. The normalized spacial score (nSPS) is 11.2. The van der Waals surface area contributed by atoms with Crippen molar-refractivity contribution in [3.8, 4) is 0 Å². The average Bonchev–Trinajstić information content (AvgIpc) is 2.53. The summed E-state index contributed by atoms with van der Waals surface area (Å²) in [4.78, 5) is 12.2. The number of carbonyl (C=O) groups is 1. The first kappa shape index (κ1) is 19.3. The van der Waals surface area contributed by atoms with Crippen molar-refractivity contribution in [2.24, 2.45) is 0 Å². The van der Waals surface area contributed by atoms with Crippen molar-refractivity contribution >= 4 is 33.2 Å². The van der Waals surface area contributed by atoms with Gasteiger partial charge in [-0.25, -0.2) is 8.42 Å². The van der Waals surface area contributed by atoms with Crippen molar-refractivity contribution in [2.75, 3.05) is 23.7 Å². The maximum Gasteiger partial charge on any atom is 0.251 e. The van der Waals surface area contributed by atoms with Gasteiger partial charge in [-0.05, 0) is 43.7 Å². The van der Waals surface area contributed by atoms with Crippen LogP contribution in [0.15, 0.2) is 42.5 Å². The molecular formula is C18H21ClN2O3S. The number of aryl methyl sites for hydroxylation is 2. The lowest BCUT2D eigenvalue weighted by atomic mass is 10.1. The molecule has 2 aromatic rings. The third kappa shape index (κ3) is 5.21. The minimum absolute atomic E-state index is 0.121. The molecule has 1 amide bonds. The summed E-state index contributed by atoms with van der Waals surface area (Å²) < 4.78 is 25.4. The number of anilines is 1. The molecule has 0 aliphatic carbocycles. The molecule has 0 bridgehead atoms. The number of nitrogens with one attached hydrogen (secondary N) is 1. The van der Waals surface area contributed by atoms with E-state index < -0.39 is 10.0 Å². The van der Waals surface area contributed by atoms with Crippen molar-refractivity contribution in [1.29, 1.82) is 0 Å². The van der Waals surface area contributed by atoms with Crippen molar-refractivity contribution in [3.63, 3.8) is 0 Å². The molecule has 0 unspecified atom stereocenters. The summed E-state index contributed by atoms with van der Waals surface area (Å²) in [6.45, 7) is 4.06. The van der Waals surface area contributed by atoms with E-state index in [-0.39, 0.29) is 19.0 Å². The van der Waals surface area contributed by atoms with E-state index in [1.807, 2.05) is 19.9 Å². The summed E-state index contributed by atoms with van der Waals surface area (Å²) in [5, 5.41) is 3.24.